The van der Waals surface area contributed by atoms with Crippen molar-refractivity contribution in [2.45, 2.75) is 38.0 Å². The van der Waals surface area contributed by atoms with Crippen molar-refractivity contribution in [3.63, 3.8) is 0 Å². The molecule has 1 aromatic carbocycles. The van der Waals surface area contributed by atoms with Crippen LogP contribution in [-0.2, 0) is 0 Å². The SMILES string of the molecule is O=C([O-])c1cccc(C2CCCCC2)c1. The van der Waals surface area contributed by atoms with Crippen LogP contribution in [0, 0.1) is 0 Å². The van der Waals surface area contributed by atoms with Crippen LogP contribution >= 0.6 is 0 Å². The van der Waals surface area contributed by atoms with E-state index in [-0.39, 0.29) is 0 Å². The first-order chi connectivity index (χ1) is 7.27. The Morgan fingerprint density at radius 2 is 1.93 bits per heavy atom. The average Bonchev–Trinajstić information content (AvgIpc) is 2.30. The second-order valence-electron chi connectivity index (χ2n) is 4.25. The lowest BCUT2D eigenvalue weighted by Crippen LogP contribution is -2.22. The molecule has 0 unspecified atom stereocenters. The van der Waals surface area contributed by atoms with Crippen LogP contribution < -0.4 is 5.11 Å². The maximum absolute atomic E-state index is 10.7. The number of benzene rings is 1. The molecule has 0 atom stereocenters. The molecule has 15 heavy (non-hydrogen) atoms. The molecule has 0 heterocycles. The Morgan fingerprint density at radius 1 is 1.20 bits per heavy atom. The Morgan fingerprint density at radius 3 is 2.60 bits per heavy atom. The van der Waals surface area contributed by atoms with Gasteiger partial charge in [0.1, 0.15) is 0 Å². The van der Waals surface area contributed by atoms with E-state index in [0.717, 1.165) is 5.56 Å². The molecule has 1 fully saturated rings. The van der Waals surface area contributed by atoms with Gasteiger partial charge in [-0.15, -0.1) is 0 Å². The van der Waals surface area contributed by atoms with E-state index in [1.807, 2.05) is 12.1 Å². The molecule has 0 bridgehead atoms. The molecule has 2 heteroatoms. The van der Waals surface area contributed by atoms with Gasteiger partial charge in [0.05, 0.1) is 5.97 Å². The predicted octanol–water partition coefficient (Wildman–Crippen LogP) is 2.10. The fourth-order valence-electron chi connectivity index (χ4n) is 2.36. The van der Waals surface area contributed by atoms with Crippen LogP contribution in [0.15, 0.2) is 24.3 Å². The molecule has 0 aromatic heterocycles. The van der Waals surface area contributed by atoms with E-state index in [4.69, 9.17) is 0 Å². The number of rotatable bonds is 2. The third-order valence-corrected chi connectivity index (χ3v) is 3.20. The minimum Gasteiger partial charge on any atom is -0.545 e. The number of carboxylic acids is 1. The van der Waals surface area contributed by atoms with Crippen LogP contribution in [-0.4, -0.2) is 5.97 Å². The van der Waals surface area contributed by atoms with Gasteiger partial charge in [-0.2, -0.15) is 0 Å². The molecule has 0 N–H and O–H groups in total. The predicted molar refractivity (Wildman–Crippen MR) is 56.6 cm³/mol. The highest BCUT2D eigenvalue weighted by Gasteiger charge is 2.15. The molecular weight excluding hydrogens is 188 g/mol. The van der Waals surface area contributed by atoms with Crippen molar-refractivity contribution in [1.29, 1.82) is 0 Å². The van der Waals surface area contributed by atoms with Gasteiger partial charge in [0, 0.05) is 0 Å². The van der Waals surface area contributed by atoms with Gasteiger partial charge in [-0.25, -0.2) is 0 Å². The van der Waals surface area contributed by atoms with Gasteiger partial charge in [0.15, 0.2) is 0 Å². The van der Waals surface area contributed by atoms with Gasteiger partial charge in [0.2, 0.25) is 0 Å². The summed E-state index contributed by atoms with van der Waals surface area (Å²) in [6, 6.07) is 7.21. The molecule has 0 saturated heterocycles. The molecule has 2 nitrogen and oxygen atoms in total. The highest BCUT2D eigenvalue weighted by Crippen LogP contribution is 2.32. The summed E-state index contributed by atoms with van der Waals surface area (Å²) in [7, 11) is 0. The highest BCUT2D eigenvalue weighted by molar-refractivity contribution is 5.85. The smallest absolute Gasteiger partial charge is 0.0715 e. The van der Waals surface area contributed by atoms with Crippen molar-refractivity contribution in [3.8, 4) is 0 Å². The molecule has 0 amide bonds. The standard InChI is InChI=1S/C13H16O2/c14-13(15)12-8-4-7-11(9-12)10-5-2-1-3-6-10/h4,7-10H,1-3,5-6H2,(H,14,15)/p-1. The number of carbonyl (C=O) groups is 1. The van der Waals surface area contributed by atoms with E-state index in [1.54, 1.807) is 12.1 Å². The first-order valence-electron chi connectivity index (χ1n) is 5.58. The molecule has 0 spiro atoms. The number of hydrogen-bond acceptors (Lipinski definition) is 2. The molecule has 1 aliphatic rings. The van der Waals surface area contributed by atoms with Crippen LogP contribution in [0.5, 0.6) is 0 Å². The van der Waals surface area contributed by atoms with Crippen molar-refractivity contribution in [3.05, 3.63) is 35.4 Å². The summed E-state index contributed by atoms with van der Waals surface area (Å²) in [5, 5.41) is 10.7. The average molecular weight is 203 g/mol. The maximum atomic E-state index is 10.7. The molecular formula is C13H15O2-. The van der Waals surface area contributed by atoms with E-state index in [0.29, 0.717) is 11.5 Å². The second-order valence-corrected chi connectivity index (χ2v) is 4.25. The Bertz CT molecular complexity index is 351. The van der Waals surface area contributed by atoms with Crippen LogP contribution in [0.3, 0.4) is 0 Å². The topological polar surface area (TPSA) is 40.1 Å². The lowest BCUT2D eigenvalue weighted by atomic mass is 9.84. The molecule has 1 aliphatic carbocycles. The Kier molecular flexibility index (Phi) is 3.05. The summed E-state index contributed by atoms with van der Waals surface area (Å²) in [5.41, 5.74) is 1.47. The van der Waals surface area contributed by atoms with Crippen molar-refractivity contribution >= 4 is 5.97 Å². The van der Waals surface area contributed by atoms with Gasteiger partial charge >= 0.3 is 0 Å². The minimum atomic E-state index is -1.08. The summed E-state index contributed by atoms with van der Waals surface area (Å²) < 4.78 is 0. The van der Waals surface area contributed by atoms with Crippen LogP contribution in [0.25, 0.3) is 0 Å². The van der Waals surface area contributed by atoms with Crippen molar-refractivity contribution in [2.75, 3.05) is 0 Å². The van der Waals surface area contributed by atoms with E-state index >= 15 is 0 Å². The highest BCUT2D eigenvalue weighted by atomic mass is 16.4. The zero-order valence-corrected chi connectivity index (χ0v) is 8.74. The maximum Gasteiger partial charge on any atom is 0.0715 e. The summed E-state index contributed by atoms with van der Waals surface area (Å²) in [4.78, 5) is 10.7. The van der Waals surface area contributed by atoms with Gasteiger partial charge in [-0.05, 0) is 36.0 Å². The second kappa shape index (κ2) is 4.47. The Hall–Kier alpha value is -1.31. The molecule has 1 saturated carbocycles. The largest absolute Gasteiger partial charge is 0.545 e. The fourth-order valence-corrected chi connectivity index (χ4v) is 2.36. The summed E-state index contributed by atoms with van der Waals surface area (Å²) in [6.45, 7) is 0. The summed E-state index contributed by atoms with van der Waals surface area (Å²) in [6.07, 6.45) is 6.23. The lowest BCUT2D eigenvalue weighted by molar-refractivity contribution is -0.255. The zero-order chi connectivity index (χ0) is 10.7. The normalized spacial score (nSPS) is 17.6. The quantitative estimate of drug-likeness (QED) is 0.738. The van der Waals surface area contributed by atoms with Crippen molar-refractivity contribution < 1.29 is 9.90 Å². The van der Waals surface area contributed by atoms with Crippen molar-refractivity contribution in [2.24, 2.45) is 0 Å². The molecule has 1 aromatic rings. The lowest BCUT2D eigenvalue weighted by Gasteiger charge is -2.22. The first-order valence-corrected chi connectivity index (χ1v) is 5.58. The number of hydrogen-bond donors (Lipinski definition) is 0. The van der Waals surface area contributed by atoms with Gasteiger partial charge < -0.3 is 9.90 Å². The molecule has 0 radical (unpaired) electrons. The fraction of sp³-hybridized carbons (Fsp3) is 0.462. The van der Waals surface area contributed by atoms with Gasteiger partial charge in [-0.1, -0.05) is 37.5 Å². The first kappa shape index (κ1) is 10.2. The zero-order valence-electron chi connectivity index (χ0n) is 8.74. The van der Waals surface area contributed by atoms with Gasteiger partial charge in [0.25, 0.3) is 0 Å². The minimum absolute atomic E-state index is 0.304. The van der Waals surface area contributed by atoms with E-state index in [1.165, 1.54) is 32.1 Å². The molecule has 2 rings (SSSR count). The summed E-state index contributed by atoms with van der Waals surface area (Å²) in [5.74, 6) is -0.522. The third-order valence-electron chi connectivity index (χ3n) is 3.20. The van der Waals surface area contributed by atoms with Crippen LogP contribution in [0.4, 0.5) is 0 Å². The van der Waals surface area contributed by atoms with E-state index in [9.17, 15) is 9.90 Å². The van der Waals surface area contributed by atoms with E-state index < -0.39 is 5.97 Å². The number of aromatic carboxylic acids is 1. The Balaban J connectivity index is 2.19. The number of carboxylic acid groups (broad SMARTS) is 1. The number of carbonyl (C=O) groups excluding carboxylic acids is 1. The third kappa shape index (κ3) is 2.38. The monoisotopic (exact) mass is 203 g/mol. The van der Waals surface area contributed by atoms with Gasteiger partial charge in [-0.3, -0.25) is 0 Å². The summed E-state index contributed by atoms with van der Waals surface area (Å²) >= 11 is 0. The Labute approximate surface area is 89.9 Å². The molecule has 80 valence electrons. The van der Waals surface area contributed by atoms with Crippen LogP contribution in [0.2, 0.25) is 0 Å². The molecule has 0 aliphatic heterocycles. The van der Waals surface area contributed by atoms with Crippen molar-refractivity contribution in [1.82, 2.24) is 0 Å². The van der Waals surface area contributed by atoms with Crippen LogP contribution in [0.1, 0.15) is 53.9 Å². The van der Waals surface area contributed by atoms with E-state index in [2.05, 4.69) is 0 Å².